The molecule has 2 heterocycles. The minimum absolute atomic E-state index is 0.0247. The molecule has 1 fully saturated rings. The van der Waals surface area contributed by atoms with Gasteiger partial charge in [0.25, 0.3) is 0 Å². The number of hydrogen-bond donors (Lipinski definition) is 4. The predicted molar refractivity (Wildman–Crippen MR) is 58.9 cm³/mol. The van der Waals surface area contributed by atoms with Gasteiger partial charge in [-0.1, -0.05) is 6.58 Å². The van der Waals surface area contributed by atoms with E-state index in [0.29, 0.717) is 0 Å². The van der Waals surface area contributed by atoms with Gasteiger partial charge in [0.2, 0.25) is 5.96 Å². The molecule has 5 N–H and O–H groups in total. The first-order valence-electron chi connectivity index (χ1n) is 5.81. The SMILES string of the molecule is [2H]C([2H])(O)[C@H]1O[C@@H](N2C=NC(N)=NC2=C)C(O)[C@H]1O. The largest absolute Gasteiger partial charge is 0.394 e. The zero-order valence-electron chi connectivity index (χ0n) is 10.8. The smallest absolute Gasteiger partial charge is 0.223 e. The number of ether oxygens (including phenoxy) is 1. The van der Waals surface area contributed by atoms with E-state index in [1.54, 1.807) is 0 Å². The maximum atomic E-state index is 9.85. The van der Waals surface area contributed by atoms with Crippen molar-refractivity contribution in [1.29, 1.82) is 0 Å². The van der Waals surface area contributed by atoms with Crippen LogP contribution in [0.2, 0.25) is 0 Å². The zero-order chi connectivity index (χ0) is 14.4. The van der Waals surface area contributed by atoms with Crippen molar-refractivity contribution in [3.63, 3.8) is 0 Å². The van der Waals surface area contributed by atoms with Crippen molar-refractivity contribution in [2.24, 2.45) is 15.7 Å². The lowest BCUT2D eigenvalue weighted by Crippen LogP contribution is -2.44. The number of hydrogen-bond acceptors (Lipinski definition) is 8. The highest BCUT2D eigenvalue weighted by Gasteiger charge is 2.45. The van der Waals surface area contributed by atoms with Crippen molar-refractivity contribution in [2.45, 2.75) is 24.5 Å². The topological polar surface area (TPSA) is 124 Å². The molecule has 0 aliphatic carbocycles. The van der Waals surface area contributed by atoms with Gasteiger partial charge in [-0.3, -0.25) is 4.90 Å². The molecule has 1 unspecified atom stereocenters. The van der Waals surface area contributed by atoms with Gasteiger partial charge in [0.15, 0.2) is 6.23 Å². The second-order valence-corrected chi connectivity index (χ2v) is 3.60. The van der Waals surface area contributed by atoms with Crippen molar-refractivity contribution in [3.8, 4) is 0 Å². The summed E-state index contributed by atoms with van der Waals surface area (Å²) < 4.78 is 19.4. The van der Waals surface area contributed by atoms with Gasteiger partial charge in [0.1, 0.15) is 30.5 Å². The molecule has 2 aliphatic rings. The molecule has 94 valence electrons. The third-order valence-electron chi connectivity index (χ3n) is 2.50. The van der Waals surface area contributed by atoms with Crippen LogP contribution in [0.3, 0.4) is 0 Å². The Morgan fingerprint density at radius 1 is 1.59 bits per heavy atom. The molecule has 8 nitrogen and oxygen atoms in total. The number of nitrogens with zero attached hydrogens (tertiary/aromatic N) is 3. The van der Waals surface area contributed by atoms with Crippen molar-refractivity contribution < 1.29 is 22.8 Å². The Labute approximate surface area is 100 Å². The lowest BCUT2D eigenvalue weighted by atomic mass is 10.1. The molecule has 1 saturated heterocycles. The molecule has 2 aliphatic heterocycles. The van der Waals surface area contributed by atoms with E-state index >= 15 is 0 Å². The molecule has 0 radical (unpaired) electrons. The molecule has 0 aromatic rings. The Morgan fingerprint density at radius 2 is 2.29 bits per heavy atom. The van der Waals surface area contributed by atoms with E-state index < -0.39 is 31.1 Å². The summed E-state index contributed by atoms with van der Waals surface area (Å²) in [4.78, 5) is 8.64. The normalized spacial score (nSPS) is 40.1. The predicted octanol–water partition coefficient (Wildman–Crippen LogP) is -2.44. The monoisotopic (exact) mass is 244 g/mol. The van der Waals surface area contributed by atoms with Crippen LogP contribution in [-0.4, -0.2) is 63.6 Å². The van der Waals surface area contributed by atoms with E-state index in [-0.39, 0.29) is 11.8 Å². The molecule has 4 atom stereocenters. The van der Waals surface area contributed by atoms with Gasteiger partial charge >= 0.3 is 0 Å². The van der Waals surface area contributed by atoms with E-state index in [4.69, 9.17) is 13.2 Å². The first-order valence-corrected chi connectivity index (χ1v) is 4.81. The summed E-state index contributed by atoms with van der Waals surface area (Å²) >= 11 is 0. The van der Waals surface area contributed by atoms with Crippen LogP contribution < -0.4 is 5.73 Å². The third kappa shape index (κ3) is 2.03. The molecule has 0 amide bonds. The van der Waals surface area contributed by atoms with Crippen LogP contribution in [0.5, 0.6) is 0 Å². The second-order valence-electron chi connectivity index (χ2n) is 3.60. The number of aliphatic hydroxyl groups is 3. The fourth-order valence-corrected chi connectivity index (χ4v) is 1.62. The number of rotatable bonds is 2. The molecule has 0 spiro atoms. The molecule has 0 aromatic carbocycles. The fourth-order valence-electron chi connectivity index (χ4n) is 1.62. The number of nitrogens with two attached hydrogens (primary N) is 1. The van der Waals surface area contributed by atoms with Crippen LogP contribution in [0.1, 0.15) is 2.74 Å². The van der Waals surface area contributed by atoms with Gasteiger partial charge in [-0.25, -0.2) is 4.99 Å². The molecule has 2 rings (SSSR count). The van der Waals surface area contributed by atoms with Crippen molar-refractivity contribution in [3.05, 3.63) is 12.4 Å². The Balaban J connectivity index is 2.19. The van der Waals surface area contributed by atoms with Crippen LogP contribution in [0.4, 0.5) is 0 Å². The highest BCUT2D eigenvalue weighted by atomic mass is 16.6. The minimum Gasteiger partial charge on any atom is -0.394 e. The first-order chi connectivity index (χ1) is 8.71. The van der Waals surface area contributed by atoms with Crippen LogP contribution in [0.25, 0.3) is 0 Å². The standard InChI is InChI=1S/C9H14N4O4/c1-4-12-9(10)11-3-13(4)8-7(16)6(15)5(2-14)17-8/h3,5-8,14-16H,1-2H2,(H2,10,12)/t5-,6+,7?,8-/m1/s1/i2D2. The van der Waals surface area contributed by atoms with Crippen molar-refractivity contribution >= 4 is 12.3 Å². The van der Waals surface area contributed by atoms with Gasteiger partial charge in [0, 0.05) is 0 Å². The summed E-state index contributed by atoms with van der Waals surface area (Å²) in [6.07, 6.45) is -4.65. The number of guanidine groups is 1. The van der Waals surface area contributed by atoms with Crippen molar-refractivity contribution in [1.82, 2.24) is 4.90 Å². The lowest BCUT2D eigenvalue weighted by molar-refractivity contribution is -0.0607. The van der Waals surface area contributed by atoms with Gasteiger partial charge in [-0.05, 0) is 0 Å². The highest BCUT2D eigenvalue weighted by molar-refractivity contribution is 5.89. The Hall–Kier alpha value is -1.48. The molecule has 0 saturated carbocycles. The number of aliphatic imine (C=N–C) groups is 2. The quantitative estimate of drug-likeness (QED) is 0.427. The summed E-state index contributed by atoms with van der Waals surface area (Å²) in [7, 11) is 0. The lowest BCUT2D eigenvalue weighted by Gasteiger charge is -2.29. The highest BCUT2D eigenvalue weighted by Crippen LogP contribution is 2.26. The van der Waals surface area contributed by atoms with Crippen LogP contribution >= 0.6 is 0 Å². The van der Waals surface area contributed by atoms with E-state index in [1.807, 2.05) is 0 Å². The maximum absolute atomic E-state index is 9.85. The number of aliphatic hydroxyl groups excluding tert-OH is 2. The second kappa shape index (κ2) is 4.41. The summed E-state index contributed by atoms with van der Waals surface area (Å²) in [6, 6.07) is 0. The first kappa shape index (κ1) is 9.54. The molecule has 0 bridgehead atoms. The summed E-state index contributed by atoms with van der Waals surface area (Å²) in [5.41, 5.74) is 5.36. The van der Waals surface area contributed by atoms with Gasteiger partial charge in [0.05, 0.1) is 9.30 Å². The zero-order valence-corrected chi connectivity index (χ0v) is 8.76. The van der Waals surface area contributed by atoms with Crippen LogP contribution in [-0.2, 0) is 4.74 Å². The van der Waals surface area contributed by atoms with E-state index in [2.05, 4.69) is 16.6 Å². The molecular formula is C9H14N4O4. The van der Waals surface area contributed by atoms with Crippen molar-refractivity contribution in [2.75, 3.05) is 6.56 Å². The van der Waals surface area contributed by atoms with Crippen LogP contribution in [0, 0.1) is 0 Å². The Bertz CT molecular complexity index is 450. The average Bonchev–Trinajstić information content (AvgIpc) is 2.56. The van der Waals surface area contributed by atoms with Gasteiger partial charge < -0.3 is 25.8 Å². The Kier molecular flexibility index (Phi) is 2.48. The van der Waals surface area contributed by atoms with E-state index in [1.165, 1.54) is 11.2 Å². The summed E-state index contributed by atoms with van der Waals surface area (Å²) in [5.74, 6) is 0.0891. The summed E-state index contributed by atoms with van der Waals surface area (Å²) in [5, 5.41) is 28.8. The fraction of sp³-hybridized carbons (Fsp3) is 0.556. The minimum atomic E-state index is -2.80. The van der Waals surface area contributed by atoms with E-state index in [9.17, 15) is 15.3 Å². The maximum Gasteiger partial charge on any atom is 0.223 e. The molecule has 17 heavy (non-hydrogen) atoms. The molecule has 0 aromatic heterocycles. The Morgan fingerprint density at radius 3 is 2.82 bits per heavy atom. The van der Waals surface area contributed by atoms with Gasteiger partial charge in [-0.15, -0.1) is 0 Å². The van der Waals surface area contributed by atoms with Crippen LogP contribution in [0.15, 0.2) is 22.4 Å². The third-order valence-corrected chi connectivity index (χ3v) is 2.50. The summed E-state index contributed by atoms with van der Waals surface area (Å²) in [6.45, 7) is 0.776. The molecular weight excluding hydrogens is 228 g/mol. The molecule has 8 heteroatoms. The average molecular weight is 244 g/mol. The van der Waals surface area contributed by atoms with Gasteiger partial charge in [-0.2, -0.15) is 4.99 Å². The van der Waals surface area contributed by atoms with E-state index in [0.717, 1.165) is 0 Å².